The number of benzene rings is 1. The molecule has 0 aliphatic heterocycles. The summed E-state index contributed by atoms with van der Waals surface area (Å²) in [4.78, 5) is 26.9. The van der Waals surface area contributed by atoms with Crippen molar-refractivity contribution < 1.29 is 14.3 Å². The highest BCUT2D eigenvalue weighted by Crippen LogP contribution is 2.17. The van der Waals surface area contributed by atoms with Crippen LogP contribution < -0.4 is 21.3 Å². The Morgan fingerprint density at radius 2 is 1.73 bits per heavy atom. The number of nitrogens with zero attached hydrogens (tertiary/aromatic N) is 1. The van der Waals surface area contributed by atoms with Gasteiger partial charge in [0.25, 0.3) is 0 Å². The van der Waals surface area contributed by atoms with E-state index in [-0.39, 0.29) is 5.91 Å². The van der Waals surface area contributed by atoms with Crippen LogP contribution in [0, 0.1) is 0 Å². The lowest BCUT2D eigenvalue weighted by molar-refractivity contribution is -0.123. The van der Waals surface area contributed by atoms with E-state index in [1.165, 1.54) is 0 Å². The predicted molar refractivity (Wildman–Crippen MR) is 124 cm³/mol. The molecule has 0 spiro atoms. The van der Waals surface area contributed by atoms with E-state index in [0.717, 1.165) is 11.3 Å². The Balaban J connectivity index is 2.88. The van der Waals surface area contributed by atoms with Crippen LogP contribution in [-0.4, -0.2) is 61.6 Å². The van der Waals surface area contributed by atoms with Gasteiger partial charge in [-0.1, -0.05) is 12.1 Å². The first kappa shape index (κ1) is 26.3. The molecule has 4 N–H and O–H groups in total. The molecule has 0 heterocycles. The number of nitrogens with two attached hydrogens (primary N) is 1. The summed E-state index contributed by atoms with van der Waals surface area (Å²) in [7, 11) is 0. The Hall–Kier alpha value is -1.70. The van der Waals surface area contributed by atoms with E-state index in [9.17, 15) is 9.59 Å². The molecule has 2 amide bonds. The summed E-state index contributed by atoms with van der Waals surface area (Å²) in [6.07, 6.45) is 0.365. The Labute approximate surface area is 189 Å². The van der Waals surface area contributed by atoms with Gasteiger partial charge in [0.1, 0.15) is 11.6 Å². The molecular weight excluding hydrogens is 427 g/mol. The fourth-order valence-electron chi connectivity index (χ4n) is 2.75. The lowest BCUT2D eigenvalue weighted by atomic mass is 10.0. The monoisotopic (exact) mass is 460 g/mol. The first-order chi connectivity index (χ1) is 14.2. The molecule has 1 unspecified atom stereocenters. The number of carbonyl (C=O) groups is 2. The Bertz CT molecular complexity index is 645. The second kappa shape index (κ2) is 13.6. The highest BCUT2D eigenvalue weighted by molar-refractivity contribution is 6.18. The van der Waals surface area contributed by atoms with Crippen molar-refractivity contribution in [1.29, 1.82) is 0 Å². The van der Waals surface area contributed by atoms with Crippen LogP contribution in [0.5, 0.6) is 0 Å². The standard InChI is InChI=1S/C21H34Cl2N4O3/c1-21(2,3)30-20(29)26-18(19(28)25-12-4-11-24)15-16-5-7-17(8-6-16)27(13-9-22)14-10-23/h5-8,18H,4,9-15,24H2,1-3H3,(H,25,28)(H,26,29). The maximum atomic E-state index is 12.6. The zero-order chi connectivity index (χ0) is 22.6. The van der Waals surface area contributed by atoms with Gasteiger partial charge < -0.3 is 26.0 Å². The largest absolute Gasteiger partial charge is 0.444 e. The maximum Gasteiger partial charge on any atom is 0.408 e. The van der Waals surface area contributed by atoms with Gasteiger partial charge >= 0.3 is 6.09 Å². The summed E-state index contributed by atoms with van der Waals surface area (Å²) in [5.74, 6) is 0.733. The number of ether oxygens (including phenoxy) is 1. The lowest BCUT2D eigenvalue weighted by Gasteiger charge is -2.24. The minimum absolute atomic E-state index is 0.274. The highest BCUT2D eigenvalue weighted by Gasteiger charge is 2.24. The normalized spacial score (nSPS) is 12.2. The fraction of sp³-hybridized carbons (Fsp3) is 0.619. The van der Waals surface area contributed by atoms with Gasteiger partial charge in [0.15, 0.2) is 0 Å². The number of alkyl carbamates (subject to hydrolysis) is 1. The number of hydrogen-bond acceptors (Lipinski definition) is 5. The van der Waals surface area contributed by atoms with Crippen molar-refractivity contribution in [2.24, 2.45) is 5.73 Å². The fourth-order valence-corrected chi connectivity index (χ4v) is 3.16. The Kier molecular flexibility index (Phi) is 11.9. The molecule has 170 valence electrons. The van der Waals surface area contributed by atoms with Crippen molar-refractivity contribution in [2.45, 2.75) is 45.3 Å². The van der Waals surface area contributed by atoms with E-state index >= 15 is 0 Å². The minimum atomic E-state index is -0.759. The molecule has 0 saturated carbocycles. The van der Waals surface area contributed by atoms with Crippen LogP contribution in [0.4, 0.5) is 10.5 Å². The topological polar surface area (TPSA) is 96.7 Å². The van der Waals surface area contributed by atoms with E-state index in [2.05, 4.69) is 15.5 Å². The minimum Gasteiger partial charge on any atom is -0.444 e. The van der Waals surface area contributed by atoms with Crippen LogP contribution in [0.1, 0.15) is 32.8 Å². The molecule has 7 nitrogen and oxygen atoms in total. The quantitative estimate of drug-likeness (QED) is 0.329. The van der Waals surface area contributed by atoms with Gasteiger partial charge in [-0.25, -0.2) is 4.79 Å². The number of amides is 2. The molecule has 0 bridgehead atoms. The smallest absolute Gasteiger partial charge is 0.408 e. The number of hydrogen-bond donors (Lipinski definition) is 3. The first-order valence-corrected chi connectivity index (χ1v) is 11.2. The van der Waals surface area contributed by atoms with Crippen molar-refractivity contribution in [1.82, 2.24) is 10.6 Å². The molecule has 0 aliphatic rings. The third-order valence-corrected chi connectivity index (χ3v) is 4.48. The van der Waals surface area contributed by atoms with Gasteiger partial charge in [-0.2, -0.15) is 0 Å². The summed E-state index contributed by atoms with van der Waals surface area (Å²) >= 11 is 11.7. The van der Waals surface area contributed by atoms with E-state index in [4.69, 9.17) is 33.7 Å². The van der Waals surface area contributed by atoms with Gasteiger partial charge in [-0.05, 0) is 51.4 Å². The van der Waals surface area contributed by atoms with Gasteiger partial charge in [0.2, 0.25) is 5.91 Å². The molecule has 1 aromatic carbocycles. The average Bonchev–Trinajstić information content (AvgIpc) is 2.66. The Morgan fingerprint density at radius 1 is 1.13 bits per heavy atom. The molecule has 1 rings (SSSR count). The van der Waals surface area contributed by atoms with Crippen molar-refractivity contribution in [2.75, 3.05) is 42.8 Å². The second-order valence-corrected chi connectivity index (χ2v) is 8.62. The van der Waals surface area contributed by atoms with Crippen LogP contribution >= 0.6 is 23.2 Å². The molecule has 1 atom stereocenters. The number of carbonyl (C=O) groups excluding carboxylic acids is 2. The van der Waals surface area contributed by atoms with Gasteiger partial charge in [0, 0.05) is 43.5 Å². The van der Waals surface area contributed by atoms with Crippen LogP contribution in [0.3, 0.4) is 0 Å². The predicted octanol–water partition coefficient (Wildman–Crippen LogP) is 2.87. The molecule has 0 aliphatic carbocycles. The average molecular weight is 461 g/mol. The zero-order valence-corrected chi connectivity index (χ0v) is 19.6. The molecule has 0 radical (unpaired) electrons. The van der Waals surface area contributed by atoms with E-state index in [0.29, 0.717) is 50.8 Å². The van der Waals surface area contributed by atoms with E-state index < -0.39 is 17.7 Å². The van der Waals surface area contributed by atoms with Gasteiger partial charge in [-0.15, -0.1) is 23.2 Å². The van der Waals surface area contributed by atoms with E-state index in [1.54, 1.807) is 20.8 Å². The van der Waals surface area contributed by atoms with Crippen molar-refractivity contribution in [3.05, 3.63) is 29.8 Å². The molecule has 1 aromatic rings. The van der Waals surface area contributed by atoms with Crippen molar-refractivity contribution in [3.8, 4) is 0 Å². The first-order valence-electron chi connectivity index (χ1n) is 10.1. The van der Waals surface area contributed by atoms with Gasteiger partial charge in [0.05, 0.1) is 0 Å². The summed E-state index contributed by atoms with van der Waals surface area (Å²) in [6, 6.07) is 7.03. The highest BCUT2D eigenvalue weighted by atomic mass is 35.5. The van der Waals surface area contributed by atoms with Crippen molar-refractivity contribution >= 4 is 40.9 Å². The number of alkyl halides is 2. The van der Waals surface area contributed by atoms with Crippen LogP contribution in [0.2, 0.25) is 0 Å². The number of anilines is 1. The Morgan fingerprint density at radius 3 is 2.23 bits per heavy atom. The summed E-state index contributed by atoms with van der Waals surface area (Å²) in [5, 5.41) is 5.49. The second-order valence-electron chi connectivity index (χ2n) is 7.87. The summed E-state index contributed by atoms with van der Waals surface area (Å²) in [5.41, 5.74) is 6.74. The number of nitrogens with one attached hydrogen (secondary N) is 2. The molecule has 30 heavy (non-hydrogen) atoms. The van der Waals surface area contributed by atoms with E-state index in [1.807, 2.05) is 24.3 Å². The van der Waals surface area contributed by atoms with Crippen LogP contribution in [0.15, 0.2) is 24.3 Å². The lowest BCUT2D eigenvalue weighted by Crippen LogP contribution is -2.49. The molecule has 0 aromatic heterocycles. The molecule has 0 fully saturated rings. The third-order valence-electron chi connectivity index (χ3n) is 4.14. The molecular formula is C21H34Cl2N4O3. The molecule has 9 heteroatoms. The number of halogens is 2. The zero-order valence-electron chi connectivity index (χ0n) is 18.0. The summed E-state index contributed by atoms with van der Waals surface area (Å²) < 4.78 is 5.30. The summed E-state index contributed by atoms with van der Waals surface area (Å²) in [6.45, 7) is 7.64. The SMILES string of the molecule is CC(C)(C)OC(=O)NC(Cc1ccc(N(CCCl)CCCl)cc1)C(=O)NCCCN. The van der Waals surface area contributed by atoms with Gasteiger partial charge in [-0.3, -0.25) is 4.79 Å². The maximum absolute atomic E-state index is 12.6. The van der Waals surface area contributed by atoms with Crippen LogP contribution in [-0.2, 0) is 16.0 Å². The van der Waals surface area contributed by atoms with Crippen LogP contribution in [0.25, 0.3) is 0 Å². The van der Waals surface area contributed by atoms with Crippen molar-refractivity contribution in [3.63, 3.8) is 0 Å². The third kappa shape index (κ3) is 10.4. The number of rotatable bonds is 12. The molecule has 0 saturated heterocycles.